The van der Waals surface area contributed by atoms with Gasteiger partial charge in [0.05, 0.1) is 38.7 Å². The van der Waals surface area contributed by atoms with Crippen molar-refractivity contribution in [3.8, 4) is 16.3 Å². The van der Waals surface area contributed by atoms with Gasteiger partial charge in [0, 0.05) is 16.9 Å². The van der Waals surface area contributed by atoms with Crippen LogP contribution in [0.4, 0.5) is 4.39 Å². The van der Waals surface area contributed by atoms with Crippen molar-refractivity contribution in [3.05, 3.63) is 70.5 Å². The van der Waals surface area contributed by atoms with Gasteiger partial charge < -0.3 is 22.8 Å². The third-order valence-electron chi connectivity index (χ3n) is 5.61. The van der Waals surface area contributed by atoms with E-state index >= 15 is 0 Å². The molecule has 12 heteroatoms. The lowest BCUT2D eigenvalue weighted by Gasteiger charge is -2.25. The summed E-state index contributed by atoms with van der Waals surface area (Å²) in [6.07, 6.45) is 0.507. The van der Waals surface area contributed by atoms with Crippen LogP contribution >= 0.6 is 26.5 Å². The number of halogens is 1. The fraction of sp³-hybridized carbons (Fsp3) is 0.348. The first-order valence-corrected chi connectivity index (χ1v) is 15.1. The molecule has 2 aromatic carbocycles. The number of benzene rings is 2. The number of ether oxygens (including phenoxy) is 1. The summed E-state index contributed by atoms with van der Waals surface area (Å²) in [5.41, 5.74) is 2.09. The molecule has 1 aromatic heterocycles. The van der Waals surface area contributed by atoms with E-state index in [9.17, 15) is 13.5 Å². The fourth-order valence-corrected chi connectivity index (χ4v) is 10.2. The molecule has 35 heavy (non-hydrogen) atoms. The summed E-state index contributed by atoms with van der Waals surface area (Å²) in [5.74, 6) is -0.675. The van der Waals surface area contributed by atoms with Crippen LogP contribution in [0, 0.1) is 12.7 Å². The third kappa shape index (κ3) is 5.16. The molecule has 0 saturated carbocycles. The van der Waals surface area contributed by atoms with Gasteiger partial charge in [0.15, 0.2) is 17.0 Å². The molecule has 3 heterocycles. The first kappa shape index (κ1) is 24.8. The third-order valence-corrected chi connectivity index (χ3v) is 12.3. The molecule has 2 aliphatic heterocycles. The average molecular weight is 539 g/mol. The second-order valence-corrected chi connectivity index (χ2v) is 13.8. The van der Waals surface area contributed by atoms with Crippen molar-refractivity contribution in [1.29, 1.82) is 0 Å². The zero-order valence-corrected chi connectivity index (χ0v) is 21.5. The molecule has 0 unspecified atom stereocenters. The summed E-state index contributed by atoms with van der Waals surface area (Å²) in [6, 6.07) is 13.9. The minimum atomic E-state index is -3.87. The predicted octanol–water partition coefficient (Wildman–Crippen LogP) is 6.36. The van der Waals surface area contributed by atoms with Crippen molar-refractivity contribution >= 4 is 26.5 Å². The van der Waals surface area contributed by atoms with Gasteiger partial charge in [-0.25, -0.2) is 9.37 Å². The first-order chi connectivity index (χ1) is 16.9. The van der Waals surface area contributed by atoms with Gasteiger partial charge in [-0.15, -0.1) is 11.3 Å². The van der Waals surface area contributed by atoms with E-state index in [0.29, 0.717) is 6.42 Å². The molecule has 2 aliphatic rings. The monoisotopic (exact) mass is 539 g/mol. The molecule has 5 rings (SSSR count). The van der Waals surface area contributed by atoms with Gasteiger partial charge in [0.2, 0.25) is 0 Å². The van der Waals surface area contributed by atoms with Gasteiger partial charge in [0.1, 0.15) is 5.01 Å². The van der Waals surface area contributed by atoms with Crippen LogP contribution in [0.3, 0.4) is 0 Å². The molecule has 8 nitrogen and oxygen atoms in total. The molecule has 0 spiro atoms. The summed E-state index contributed by atoms with van der Waals surface area (Å²) in [5, 5.41) is -0.435. The van der Waals surface area contributed by atoms with Crippen molar-refractivity contribution < 1.29 is 36.4 Å². The molecule has 3 aromatic rings. The summed E-state index contributed by atoms with van der Waals surface area (Å²) in [6.45, 7) is 2.55. The molecule has 0 radical (unpaired) electrons. The van der Waals surface area contributed by atoms with E-state index in [0.717, 1.165) is 27.2 Å². The highest BCUT2D eigenvalue weighted by molar-refractivity contribution is 7.72. The molecular formula is C23H24FNO7P2S. The van der Waals surface area contributed by atoms with Gasteiger partial charge >= 0.3 is 15.2 Å². The molecule has 0 atom stereocenters. The van der Waals surface area contributed by atoms with Crippen LogP contribution in [-0.4, -0.2) is 38.0 Å². The SMILES string of the molecule is Cc1sc(-c2ccccc2)nc1CCOc1ccc(C(P2(=O)OCCO2)P2(=O)OCCO2)cc1F. The van der Waals surface area contributed by atoms with Crippen molar-refractivity contribution in [3.63, 3.8) is 0 Å². The minimum Gasteiger partial charge on any atom is -0.490 e. The number of hydrogen-bond acceptors (Lipinski definition) is 9. The average Bonchev–Trinajstić information content (AvgIpc) is 3.57. The number of rotatable bonds is 8. The van der Waals surface area contributed by atoms with Gasteiger partial charge in [-0.2, -0.15) is 0 Å². The summed E-state index contributed by atoms with van der Waals surface area (Å²) >= 11 is 1.60. The Hall–Kier alpha value is -1.90. The van der Waals surface area contributed by atoms with Gasteiger partial charge in [-0.3, -0.25) is 9.13 Å². The number of thiazole rings is 1. The van der Waals surface area contributed by atoms with Crippen molar-refractivity contribution in [1.82, 2.24) is 4.98 Å². The number of aryl methyl sites for hydroxylation is 1. The van der Waals surface area contributed by atoms with E-state index in [1.54, 1.807) is 11.3 Å². The van der Waals surface area contributed by atoms with Gasteiger partial charge in [0.25, 0.3) is 0 Å². The molecule has 0 aliphatic carbocycles. The molecule has 0 bridgehead atoms. The first-order valence-electron chi connectivity index (χ1n) is 11.1. The van der Waals surface area contributed by atoms with Crippen molar-refractivity contribution in [2.75, 3.05) is 33.0 Å². The normalized spacial score (nSPS) is 18.8. The Bertz CT molecular complexity index is 1250. The molecular weight excluding hydrogens is 515 g/mol. The standard InChI is InChI=1S/C23H24FNO7P2S/c1-16-20(25-22(35-16)17-5-3-2-4-6-17)9-10-28-21-8-7-18(15-19(21)24)23(33(26)29-11-12-30-33)34(27)31-13-14-32-34/h2-8,15,23H,9-14H2,1H3. The number of aromatic nitrogens is 1. The van der Waals surface area contributed by atoms with Crippen LogP contribution in [0.5, 0.6) is 5.75 Å². The van der Waals surface area contributed by atoms with Crippen molar-refractivity contribution in [2.24, 2.45) is 0 Å². The predicted molar refractivity (Wildman–Crippen MR) is 130 cm³/mol. The molecule has 0 amide bonds. The van der Waals surface area contributed by atoms with E-state index in [-0.39, 0.29) is 44.3 Å². The smallest absolute Gasteiger partial charge is 0.350 e. The van der Waals surface area contributed by atoms with E-state index in [1.165, 1.54) is 12.1 Å². The second kappa shape index (κ2) is 10.2. The van der Waals surface area contributed by atoms with E-state index in [1.807, 2.05) is 37.3 Å². The molecule has 2 fully saturated rings. The van der Waals surface area contributed by atoms with Crippen LogP contribution < -0.4 is 4.74 Å². The Morgan fingerprint density at radius 2 is 1.63 bits per heavy atom. The largest absolute Gasteiger partial charge is 0.490 e. The zero-order chi connectivity index (χ0) is 24.5. The van der Waals surface area contributed by atoms with Crippen LogP contribution in [-0.2, 0) is 33.6 Å². The maximum Gasteiger partial charge on any atom is 0.350 e. The van der Waals surface area contributed by atoms with Crippen LogP contribution in [0.2, 0.25) is 0 Å². The summed E-state index contributed by atoms with van der Waals surface area (Å²) in [7, 11) is -7.74. The highest BCUT2D eigenvalue weighted by Crippen LogP contribution is 2.80. The Morgan fingerprint density at radius 1 is 1.00 bits per heavy atom. The minimum absolute atomic E-state index is 0.0155. The number of hydrogen-bond donors (Lipinski definition) is 0. The lowest BCUT2D eigenvalue weighted by Crippen LogP contribution is -2.06. The second-order valence-electron chi connectivity index (χ2n) is 7.96. The van der Waals surface area contributed by atoms with Crippen molar-refractivity contribution in [2.45, 2.75) is 18.7 Å². The lowest BCUT2D eigenvalue weighted by molar-refractivity contribution is 0.303. The maximum atomic E-state index is 15.0. The van der Waals surface area contributed by atoms with E-state index in [2.05, 4.69) is 0 Å². The maximum absolute atomic E-state index is 15.0. The molecule has 2 saturated heterocycles. The molecule has 0 N–H and O–H groups in total. The Morgan fingerprint density at radius 3 is 2.23 bits per heavy atom. The summed E-state index contributed by atoms with van der Waals surface area (Å²) in [4.78, 5) is 5.78. The lowest BCUT2D eigenvalue weighted by atomic mass is 10.2. The Kier molecular flexibility index (Phi) is 7.24. The van der Waals surface area contributed by atoms with Gasteiger partial charge in [-0.1, -0.05) is 36.4 Å². The number of nitrogens with zero attached hydrogens (tertiary/aromatic N) is 1. The fourth-order valence-electron chi connectivity index (χ4n) is 3.97. The topological polar surface area (TPSA) is 93.2 Å². The van der Waals surface area contributed by atoms with E-state index in [4.69, 9.17) is 27.8 Å². The summed E-state index contributed by atoms with van der Waals surface area (Å²) < 4.78 is 68.3. The zero-order valence-electron chi connectivity index (χ0n) is 18.9. The Balaban J connectivity index is 1.30. The van der Waals surface area contributed by atoms with Crippen LogP contribution in [0.1, 0.15) is 21.5 Å². The van der Waals surface area contributed by atoms with Crippen LogP contribution in [0.25, 0.3) is 10.6 Å². The quantitative estimate of drug-likeness (QED) is 0.306. The highest BCUT2D eigenvalue weighted by Gasteiger charge is 2.55. The van der Waals surface area contributed by atoms with Crippen LogP contribution in [0.15, 0.2) is 48.5 Å². The molecule has 186 valence electrons. The Labute approximate surface area is 206 Å². The van der Waals surface area contributed by atoms with Gasteiger partial charge in [-0.05, 0) is 24.6 Å². The van der Waals surface area contributed by atoms with E-state index < -0.39 is 26.4 Å². The highest BCUT2D eigenvalue weighted by atomic mass is 32.1.